The fourth-order valence-corrected chi connectivity index (χ4v) is 15.1. The summed E-state index contributed by atoms with van der Waals surface area (Å²) < 4.78 is 59.1. The number of fused-ring (bicyclic) bond motifs is 4. The highest BCUT2D eigenvalue weighted by Gasteiger charge is 2.26. The van der Waals surface area contributed by atoms with Gasteiger partial charge in [0, 0.05) is 79.4 Å². The van der Waals surface area contributed by atoms with Gasteiger partial charge in [0.2, 0.25) is 18.6 Å². The molecule has 9 heterocycles. The van der Waals surface area contributed by atoms with E-state index in [9.17, 15) is 8.42 Å². The molecule has 5 aromatic carbocycles. The lowest BCUT2D eigenvalue weighted by Gasteiger charge is -2.29. The van der Waals surface area contributed by atoms with Gasteiger partial charge in [0.15, 0.2) is 32.8 Å². The van der Waals surface area contributed by atoms with Gasteiger partial charge < -0.3 is 43.1 Å². The van der Waals surface area contributed by atoms with Crippen molar-refractivity contribution in [2.75, 3.05) is 71.6 Å². The lowest BCUT2D eigenvalue weighted by molar-refractivity contribution is 0.171. The topological polar surface area (TPSA) is 182 Å². The first-order chi connectivity index (χ1) is 59.7. The summed E-state index contributed by atoms with van der Waals surface area (Å²) in [5.41, 5.74) is 19.2. The maximum atomic E-state index is 11.1. The Labute approximate surface area is 782 Å². The number of methoxy groups -OCH3 is 2. The Morgan fingerprint density at radius 3 is 1.43 bits per heavy atom. The van der Waals surface area contributed by atoms with Crippen molar-refractivity contribution in [1.29, 1.82) is 0 Å². The van der Waals surface area contributed by atoms with E-state index < -0.39 is 9.84 Å². The van der Waals surface area contributed by atoms with E-state index in [0.29, 0.717) is 31.3 Å². The highest BCUT2D eigenvalue weighted by Crippen LogP contribution is 2.39. The summed E-state index contributed by atoms with van der Waals surface area (Å²) in [6, 6.07) is 48.0. The highest BCUT2D eigenvalue weighted by molar-refractivity contribution is 7.89. The minimum atomic E-state index is -2.93. The molecule has 0 saturated carbocycles. The number of benzene rings is 5. The number of sulfone groups is 1. The normalized spacial score (nSPS) is 13.6. The van der Waals surface area contributed by atoms with Crippen molar-refractivity contribution in [1.82, 2.24) is 30.2 Å². The molecule has 6 aromatic heterocycles. The molecule has 702 valence electrons. The second kappa shape index (κ2) is 46.3. The van der Waals surface area contributed by atoms with Gasteiger partial charge in [-0.3, -0.25) is 4.98 Å². The SMILES string of the molecule is CC(C)(C)c1ccc(CS(C)(=O)=O)cc1.CC(C)(C)c1ccc(N2CCNCC2)nc1.CC(C)(C)c1ccc2c(c1)C=CC2.CC(C)(C)c1ccc2c(c1)OCCO2.CC(C)(C)c1ccc2c(c1)OCO2.CC(C)(C)c1ccoc1.CC(C)(C)c1ccsc1.CC(C)(C)c1cncc2ccccc12.COc1nc(C)ccc1C(C)(C)C.COc1nc(C)ncc1C(C)(C)C. The quantitative estimate of drug-likeness (QED) is 0.172. The Hall–Kier alpha value is -9.88. The van der Waals surface area contributed by atoms with Gasteiger partial charge in [0.05, 0.1) is 32.5 Å². The minimum absolute atomic E-state index is 0.0268. The van der Waals surface area contributed by atoms with Crippen molar-refractivity contribution in [3.05, 3.63) is 278 Å². The van der Waals surface area contributed by atoms with Crippen molar-refractivity contribution in [3.63, 3.8) is 0 Å². The maximum absolute atomic E-state index is 11.1. The van der Waals surface area contributed by atoms with E-state index in [1.165, 1.54) is 72.7 Å². The number of ether oxygens (including phenoxy) is 6. The van der Waals surface area contributed by atoms with E-state index in [1.807, 2.05) is 87.2 Å². The predicted molar refractivity (Wildman–Crippen MR) is 544 cm³/mol. The number of rotatable bonds is 5. The Balaban J connectivity index is 0.000000222. The summed E-state index contributed by atoms with van der Waals surface area (Å²) in [6.45, 7) is 75.3. The molecule has 0 radical (unpaired) electrons. The molecule has 16 nitrogen and oxygen atoms in total. The van der Waals surface area contributed by atoms with Gasteiger partial charge in [-0.15, -0.1) is 0 Å². The summed E-state index contributed by atoms with van der Waals surface area (Å²) in [5, 5.41) is 10.2. The summed E-state index contributed by atoms with van der Waals surface area (Å²) in [5.74, 6) is 6.86. The number of allylic oxidation sites excluding steroid dienone is 1. The fourth-order valence-electron chi connectivity index (χ4n) is 13.4. The van der Waals surface area contributed by atoms with Crippen LogP contribution in [0.5, 0.6) is 34.8 Å². The number of nitrogens with one attached hydrogen (secondary N) is 1. The van der Waals surface area contributed by atoms with Crippen LogP contribution in [0.3, 0.4) is 0 Å². The van der Waals surface area contributed by atoms with E-state index in [2.05, 4.69) is 357 Å². The number of aromatic nitrogens is 5. The smallest absolute Gasteiger partial charge is 0.231 e. The van der Waals surface area contributed by atoms with Crippen molar-refractivity contribution < 1.29 is 41.3 Å². The van der Waals surface area contributed by atoms with Gasteiger partial charge in [-0.2, -0.15) is 16.3 Å². The van der Waals surface area contributed by atoms with E-state index in [-0.39, 0.29) is 54.5 Å². The number of nitrogens with zero attached hydrogens (tertiary/aromatic N) is 6. The molecule has 18 heteroatoms. The van der Waals surface area contributed by atoms with Crippen LogP contribution in [-0.2, 0) is 76.2 Å². The van der Waals surface area contributed by atoms with E-state index in [1.54, 1.807) is 38.1 Å². The first-order valence-corrected chi connectivity index (χ1v) is 48.3. The van der Waals surface area contributed by atoms with Gasteiger partial charge in [-0.25, -0.2) is 23.4 Å². The van der Waals surface area contributed by atoms with Crippen molar-refractivity contribution >= 4 is 43.8 Å². The molecule has 1 fully saturated rings. The lowest BCUT2D eigenvalue weighted by atomic mass is 9.85. The molecule has 1 saturated heterocycles. The molecule has 0 atom stereocenters. The third kappa shape index (κ3) is 36.1. The molecule has 15 rings (SSSR count). The second-order valence-corrected chi connectivity index (χ2v) is 46.6. The van der Waals surface area contributed by atoms with Crippen LogP contribution in [0, 0.1) is 13.8 Å². The van der Waals surface area contributed by atoms with Crippen LogP contribution in [0.15, 0.2) is 198 Å². The number of hydrogen-bond donors (Lipinski definition) is 1. The number of piperazine rings is 1. The monoisotopic (exact) mass is 1800 g/mol. The number of thiophene rings is 1. The molecule has 1 N–H and O–H groups in total. The van der Waals surface area contributed by atoms with Crippen LogP contribution < -0.4 is 38.6 Å². The Morgan fingerprint density at radius 2 is 0.946 bits per heavy atom. The highest BCUT2D eigenvalue weighted by atomic mass is 32.2. The maximum Gasteiger partial charge on any atom is 0.231 e. The largest absolute Gasteiger partial charge is 0.486 e. The third-order valence-electron chi connectivity index (χ3n) is 21.7. The molecule has 0 amide bonds. The zero-order valence-electron chi connectivity index (χ0n) is 85.1. The predicted octanol–water partition coefficient (Wildman–Crippen LogP) is 27.3. The molecule has 3 aliphatic heterocycles. The van der Waals surface area contributed by atoms with Crippen LogP contribution in [0.4, 0.5) is 5.82 Å². The van der Waals surface area contributed by atoms with Crippen LogP contribution in [-0.4, -0.2) is 100.0 Å². The van der Waals surface area contributed by atoms with E-state index >= 15 is 0 Å². The third-order valence-corrected chi connectivity index (χ3v) is 23.3. The fraction of sp³-hybridized carbons (Fsp3) is 0.486. The average Bonchev–Trinajstić information content (AvgIpc) is 1.81. The van der Waals surface area contributed by atoms with Crippen molar-refractivity contribution in [2.45, 2.75) is 288 Å². The second-order valence-electron chi connectivity index (χ2n) is 43.6. The average molecular weight is 1800 g/mol. The standard InChI is InChI=1S/C13H21N3.C13H15N.C13H16.C12H18O2S.C12H16O2.C11H17NO.C11H14O2.C10H16N2O.C8H12O.C8H12S/c1-13(2,3)11-4-5-12(15-10-11)16-8-6-14-7-9-16;1-13(2,3)12-9-14-8-10-6-4-5-7-11(10)12;1-13(2,3)12-8-7-10-5-4-6-11(10)9-12;1-12(2,3)11-7-5-10(6-8-11)9-15(4,13)14;1-12(2,3)9-4-5-10-11(8-9)14-7-6-13-10;1-8-6-7-9(11(2,3)4)10(12-8)13-5;1-11(2,3)8-4-5-9-10(6-8)13-7-12-9;1-7-11-6-8(10(2,3)4)9(12-7)13-5;2*1-8(2,3)7-4-5-9-6-7/h4-5,10,14H,6-9H2,1-3H3;4-9H,1-3H3;4,6-9H,5H2,1-3H3;5-8H,9H2,1-4H3;4-5,8H,6-7H2,1-3H3;6-7H,1-5H3;4-6H,7H2,1-3H3;6H,1-5H3;2*4-6H,1-3H3. The van der Waals surface area contributed by atoms with Crippen LogP contribution in [0.1, 0.15) is 292 Å². The summed E-state index contributed by atoms with van der Waals surface area (Å²) in [6.07, 6.45) is 18.1. The van der Waals surface area contributed by atoms with Gasteiger partial charge in [-0.1, -0.05) is 311 Å². The molecule has 1 aliphatic carbocycles. The molecular formula is C111H157N7O9S2. The number of pyridine rings is 3. The van der Waals surface area contributed by atoms with Gasteiger partial charge >= 0.3 is 0 Å². The molecule has 4 aliphatic rings. The molecular weight excluding hydrogens is 1640 g/mol. The molecule has 11 aromatic rings. The number of hydrogen-bond acceptors (Lipinski definition) is 17. The Bertz CT molecular complexity index is 5270. The molecule has 0 spiro atoms. The minimum Gasteiger partial charge on any atom is -0.486 e. The lowest BCUT2D eigenvalue weighted by Crippen LogP contribution is -2.43. The summed E-state index contributed by atoms with van der Waals surface area (Å²) >= 11 is 1.77. The van der Waals surface area contributed by atoms with Crippen molar-refractivity contribution in [3.8, 4) is 34.8 Å². The molecule has 0 bridgehead atoms. The first kappa shape index (κ1) is 108. The Morgan fingerprint density at radius 1 is 0.450 bits per heavy atom. The molecule has 129 heavy (non-hydrogen) atoms. The van der Waals surface area contributed by atoms with Crippen LogP contribution in [0.25, 0.3) is 16.8 Å². The molecule has 0 unspecified atom stereocenters. The number of anilines is 1. The summed E-state index contributed by atoms with van der Waals surface area (Å²) in [4.78, 5) is 23.9. The van der Waals surface area contributed by atoms with E-state index in [0.717, 1.165) is 95.5 Å². The van der Waals surface area contributed by atoms with Gasteiger partial charge in [-0.05, 0) is 200 Å². The van der Waals surface area contributed by atoms with Crippen LogP contribution in [0.2, 0.25) is 0 Å². The van der Waals surface area contributed by atoms with Gasteiger partial charge in [0.1, 0.15) is 24.9 Å². The van der Waals surface area contributed by atoms with Crippen LogP contribution >= 0.6 is 11.3 Å². The van der Waals surface area contributed by atoms with Gasteiger partial charge in [0.25, 0.3) is 0 Å². The van der Waals surface area contributed by atoms with E-state index in [4.69, 9.17) is 32.8 Å². The summed E-state index contributed by atoms with van der Waals surface area (Å²) in [7, 11) is 0.374. The zero-order chi connectivity index (χ0) is 96.5. The number of aryl methyl sites for hydroxylation is 2. The zero-order valence-corrected chi connectivity index (χ0v) is 86.7. The van der Waals surface area contributed by atoms with Crippen molar-refractivity contribution in [2.24, 2.45) is 0 Å². The first-order valence-electron chi connectivity index (χ1n) is 45.3. The Kier molecular flexibility index (Phi) is 38.7. The number of furan rings is 1.